The Kier molecular flexibility index (Phi) is 7.44. The zero-order valence-electron chi connectivity index (χ0n) is 19.7. The number of imidazole rings is 1. The first kappa shape index (κ1) is 26.1. The van der Waals surface area contributed by atoms with E-state index in [1.54, 1.807) is 37.5 Å². The lowest BCUT2D eigenvalue weighted by molar-refractivity contribution is -0.137. The number of ketones is 1. The van der Waals surface area contributed by atoms with Gasteiger partial charge in [0.1, 0.15) is 10.7 Å². The van der Waals surface area contributed by atoms with Gasteiger partial charge in [0.15, 0.2) is 0 Å². The Morgan fingerprint density at radius 3 is 2.43 bits per heavy atom. The first-order valence-corrected chi connectivity index (χ1v) is 12.7. The minimum atomic E-state index is -4.72. The molecule has 0 radical (unpaired) electrons. The summed E-state index contributed by atoms with van der Waals surface area (Å²) in [6, 6.07) is 12.4. The maximum absolute atomic E-state index is 13.4. The largest absolute Gasteiger partial charge is 0.416 e. The van der Waals surface area contributed by atoms with Gasteiger partial charge >= 0.3 is 6.18 Å². The van der Waals surface area contributed by atoms with Crippen LogP contribution in [0, 0.1) is 6.92 Å². The molecule has 0 spiro atoms. The molecular formula is C26H23F3N4O3S. The predicted molar refractivity (Wildman–Crippen MR) is 132 cm³/mol. The zero-order valence-corrected chi connectivity index (χ0v) is 20.6. The van der Waals surface area contributed by atoms with Crippen molar-refractivity contribution < 1.29 is 26.4 Å². The summed E-state index contributed by atoms with van der Waals surface area (Å²) >= 11 is 0. The normalized spacial score (nSPS) is 11.9. The van der Waals surface area contributed by atoms with Gasteiger partial charge in [0.25, 0.3) is 10.0 Å². The highest BCUT2D eigenvalue weighted by molar-refractivity contribution is 7.92. The minimum absolute atomic E-state index is 0.0152. The first-order chi connectivity index (χ1) is 17.5. The second-order valence-electron chi connectivity index (χ2n) is 8.48. The predicted octanol–water partition coefficient (Wildman–Crippen LogP) is 5.14. The lowest BCUT2D eigenvalue weighted by Crippen LogP contribution is -2.17. The third-order valence-corrected chi connectivity index (χ3v) is 7.00. The van der Waals surface area contributed by atoms with Crippen LogP contribution in [0.4, 0.5) is 18.9 Å². The van der Waals surface area contributed by atoms with Crippen molar-refractivity contribution in [2.24, 2.45) is 0 Å². The minimum Gasteiger partial charge on any atom is -0.305 e. The second kappa shape index (κ2) is 10.6. The molecule has 2 aromatic carbocycles. The molecule has 0 unspecified atom stereocenters. The van der Waals surface area contributed by atoms with E-state index >= 15 is 0 Å². The molecule has 0 fully saturated rings. The maximum Gasteiger partial charge on any atom is 0.416 e. The molecule has 2 heterocycles. The molecular weight excluding hydrogens is 505 g/mol. The smallest absolute Gasteiger partial charge is 0.305 e. The van der Waals surface area contributed by atoms with Crippen LogP contribution in [-0.4, -0.2) is 28.7 Å². The Morgan fingerprint density at radius 1 is 1.05 bits per heavy atom. The van der Waals surface area contributed by atoms with E-state index in [9.17, 15) is 26.4 Å². The molecule has 4 aromatic rings. The van der Waals surface area contributed by atoms with Crippen LogP contribution in [0.25, 0.3) is 5.69 Å². The molecule has 0 saturated heterocycles. The van der Waals surface area contributed by atoms with E-state index in [-0.39, 0.29) is 23.6 Å². The topological polar surface area (TPSA) is 94.0 Å². The Hall–Kier alpha value is -3.99. The molecule has 192 valence electrons. The number of nitrogens with one attached hydrogen (secondary N) is 1. The molecule has 0 saturated carbocycles. The van der Waals surface area contributed by atoms with Crippen molar-refractivity contribution in [3.8, 4) is 5.69 Å². The van der Waals surface area contributed by atoms with Crippen LogP contribution in [0.5, 0.6) is 0 Å². The van der Waals surface area contributed by atoms with Crippen molar-refractivity contribution >= 4 is 21.5 Å². The number of Topliss-reactive ketones (excluding diaryl/α,β-unsaturated/α-hetero) is 1. The number of benzene rings is 2. The van der Waals surface area contributed by atoms with Gasteiger partial charge in [-0.2, -0.15) is 13.2 Å². The molecule has 11 heteroatoms. The van der Waals surface area contributed by atoms with Gasteiger partial charge in [0, 0.05) is 37.1 Å². The van der Waals surface area contributed by atoms with E-state index in [0.717, 1.165) is 17.7 Å². The van der Waals surface area contributed by atoms with Crippen molar-refractivity contribution in [3.63, 3.8) is 0 Å². The van der Waals surface area contributed by atoms with Crippen molar-refractivity contribution in [1.29, 1.82) is 0 Å². The molecule has 1 N–H and O–H groups in total. The van der Waals surface area contributed by atoms with Crippen LogP contribution in [0.1, 0.15) is 28.8 Å². The zero-order chi connectivity index (χ0) is 26.6. The summed E-state index contributed by atoms with van der Waals surface area (Å²) in [5.74, 6) is 0.0152. The van der Waals surface area contributed by atoms with Crippen LogP contribution in [0.3, 0.4) is 0 Å². The van der Waals surface area contributed by atoms with E-state index in [1.807, 2.05) is 6.07 Å². The summed E-state index contributed by atoms with van der Waals surface area (Å²) in [5, 5.41) is 0. The van der Waals surface area contributed by atoms with Crippen molar-refractivity contribution in [2.75, 3.05) is 4.72 Å². The third kappa shape index (κ3) is 6.62. The standard InChI is InChI=1S/C26H23F3N4O3S/c1-18-16-33(17-31-18)24-11-7-21(26(27,28)29)14-25(24)37(35,36)32-22-8-4-19(5-9-22)13-23(34)10-6-20-3-2-12-30-15-20/h2-5,7-9,11-12,14-17,32H,6,10,13H2,1H3. The van der Waals surface area contributed by atoms with Gasteiger partial charge in [-0.3, -0.25) is 14.5 Å². The molecule has 0 atom stereocenters. The number of pyridine rings is 1. The van der Waals surface area contributed by atoms with Crippen LogP contribution >= 0.6 is 0 Å². The number of hydrogen-bond acceptors (Lipinski definition) is 5. The van der Waals surface area contributed by atoms with E-state index in [2.05, 4.69) is 14.7 Å². The van der Waals surface area contributed by atoms with Crippen LogP contribution in [0.2, 0.25) is 0 Å². The lowest BCUT2D eigenvalue weighted by atomic mass is 10.0. The molecule has 4 rings (SSSR count). The molecule has 0 amide bonds. The summed E-state index contributed by atoms with van der Waals surface area (Å²) in [6.07, 6.45) is 2.57. The highest BCUT2D eigenvalue weighted by Crippen LogP contribution is 2.33. The number of aromatic nitrogens is 3. The van der Waals surface area contributed by atoms with E-state index in [4.69, 9.17) is 0 Å². The molecule has 0 aliphatic carbocycles. The number of rotatable bonds is 9. The summed E-state index contributed by atoms with van der Waals surface area (Å²) in [4.78, 5) is 19.8. The van der Waals surface area contributed by atoms with Gasteiger partial charge in [-0.15, -0.1) is 0 Å². The number of carbonyl (C=O) groups is 1. The molecule has 7 nitrogen and oxygen atoms in total. The molecule has 2 aromatic heterocycles. The first-order valence-electron chi connectivity index (χ1n) is 11.3. The van der Waals surface area contributed by atoms with Crippen molar-refractivity contribution in [3.05, 3.63) is 102 Å². The van der Waals surface area contributed by atoms with Gasteiger partial charge < -0.3 is 4.57 Å². The second-order valence-corrected chi connectivity index (χ2v) is 10.1. The van der Waals surface area contributed by atoms with E-state index in [1.165, 1.54) is 29.2 Å². The molecule has 0 bridgehead atoms. The maximum atomic E-state index is 13.4. The highest BCUT2D eigenvalue weighted by atomic mass is 32.2. The van der Waals surface area contributed by atoms with Gasteiger partial charge in [0.05, 0.1) is 23.3 Å². The van der Waals surface area contributed by atoms with E-state index in [0.29, 0.717) is 30.2 Å². The quantitative estimate of drug-likeness (QED) is 0.325. The number of hydrogen-bond donors (Lipinski definition) is 1. The average molecular weight is 529 g/mol. The van der Waals surface area contributed by atoms with Crippen molar-refractivity contribution in [1.82, 2.24) is 14.5 Å². The molecule has 0 aliphatic rings. The Morgan fingerprint density at radius 2 is 1.81 bits per heavy atom. The Labute approximate surface area is 212 Å². The summed E-state index contributed by atoms with van der Waals surface area (Å²) in [5.41, 5.74) is 1.30. The van der Waals surface area contributed by atoms with E-state index < -0.39 is 26.7 Å². The number of carbonyl (C=O) groups excluding carboxylic acids is 1. The number of halogens is 3. The summed E-state index contributed by atoms with van der Waals surface area (Å²) in [7, 11) is -4.41. The van der Waals surface area contributed by atoms with Crippen LogP contribution in [0.15, 0.2) is 84.4 Å². The number of sulfonamides is 1. The summed E-state index contributed by atoms with van der Waals surface area (Å²) in [6.45, 7) is 1.68. The number of aryl methyl sites for hydroxylation is 2. The molecule has 37 heavy (non-hydrogen) atoms. The average Bonchev–Trinajstić information content (AvgIpc) is 3.29. The molecule has 0 aliphatic heterocycles. The van der Waals surface area contributed by atoms with Crippen LogP contribution in [-0.2, 0) is 33.8 Å². The SMILES string of the molecule is Cc1cn(-c2ccc(C(F)(F)F)cc2S(=O)(=O)Nc2ccc(CC(=O)CCc3cccnc3)cc2)cn1. The Bertz CT molecular complexity index is 1500. The van der Waals surface area contributed by atoms with Gasteiger partial charge in [-0.1, -0.05) is 18.2 Å². The number of alkyl halides is 3. The Balaban J connectivity index is 1.51. The van der Waals surface area contributed by atoms with Gasteiger partial charge in [0.2, 0.25) is 0 Å². The van der Waals surface area contributed by atoms with Crippen molar-refractivity contribution in [2.45, 2.75) is 37.3 Å². The fraction of sp³-hybridized carbons (Fsp3) is 0.192. The van der Waals surface area contributed by atoms with Crippen LogP contribution < -0.4 is 4.72 Å². The van der Waals surface area contributed by atoms with Gasteiger partial charge in [-0.05, 0) is 60.9 Å². The number of anilines is 1. The fourth-order valence-electron chi connectivity index (χ4n) is 3.72. The third-order valence-electron chi connectivity index (χ3n) is 5.59. The monoisotopic (exact) mass is 528 g/mol. The fourth-order valence-corrected chi connectivity index (χ4v) is 5.01. The van der Waals surface area contributed by atoms with Gasteiger partial charge in [-0.25, -0.2) is 13.4 Å². The highest BCUT2D eigenvalue weighted by Gasteiger charge is 2.33. The summed E-state index contributed by atoms with van der Waals surface area (Å²) < 4.78 is 70.1. The number of nitrogens with zero attached hydrogens (tertiary/aromatic N) is 3. The lowest BCUT2D eigenvalue weighted by Gasteiger charge is -2.16.